The molecule has 8 heteroatoms. The summed E-state index contributed by atoms with van der Waals surface area (Å²) in [7, 11) is 0. The van der Waals surface area contributed by atoms with Gasteiger partial charge in [0.15, 0.2) is 0 Å². The van der Waals surface area contributed by atoms with Crippen LogP contribution in [0.2, 0.25) is 0 Å². The molecule has 3 unspecified atom stereocenters. The molecule has 2 bridgehead atoms. The molecule has 1 spiro atoms. The molecule has 240 valence electrons. The Kier molecular flexibility index (Phi) is 9.65. The summed E-state index contributed by atoms with van der Waals surface area (Å²) in [6, 6.07) is 17.3. The van der Waals surface area contributed by atoms with Crippen LogP contribution in [-0.4, -0.2) is 81.7 Å². The number of anilines is 1. The summed E-state index contributed by atoms with van der Waals surface area (Å²) in [6.07, 6.45) is 6.44. The van der Waals surface area contributed by atoms with Crippen molar-refractivity contribution in [1.29, 1.82) is 0 Å². The molecule has 1 N–H and O–H groups in total. The molecule has 45 heavy (non-hydrogen) atoms. The maximum absolute atomic E-state index is 14.9. The van der Waals surface area contributed by atoms with Gasteiger partial charge in [-0.2, -0.15) is 0 Å². The summed E-state index contributed by atoms with van der Waals surface area (Å²) in [5.41, 5.74) is -0.475. The maximum atomic E-state index is 14.9. The summed E-state index contributed by atoms with van der Waals surface area (Å²) in [4.78, 5) is 49.4. The van der Waals surface area contributed by atoms with Crippen molar-refractivity contribution >= 4 is 23.4 Å². The molecule has 8 nitrogen and oxygen atoms in total. The number of amides is 3. The first-order chi connectivity index (χ1) is 21.7. The molecule has 3 saturated heterocycles. The zero-order valence-electron chi connectivity index (χ0n) is 26.8. The van der Waals surface area contributed by atoms with E-state index in [1.165, 1.54) is 0 Å². The highest BCUT2D eigenvalue weighted by atomic mass is 16.5. The standard InChI is InChI=1S/C37H47N3O5/c1-6-15-26(4)38(22-7-2)35(44)32-37-21-20-36(5,45-37)30(33(42)39(23-8-3)28-18-13-10-14-19-28)31(37)34(43)40(32)29(25-41)24-27-16-11-9-12-17-27/h7-14,16-19,26,29-32,41H,2-3,6,15,20-25H2,1,4-5H3/t26?,29-,30-,31+,32?,36+,37?/m1/s1. The molecule has 3 heterocycles. The van der Waals surface area contributed by atoms with Crippen molar-refractivity contribution in [2.75, 3.05) is 24.6 Å². The maximum Gasteiger partial charge on any atom is 0.248 e. The van der Waals surface area contributed by atoms with Crippen LogP contribution < -0.4 is 4.90 Å². The second kappa shape index (κ2) is 13.3. The van der Waals surface area contributed by atoms with Crippen molar-refractivity contribution in [2.24, 2.45) is 11.8 Å². The molecular weight excluding hydrogens is 566 g/mol. The average Bonchev–Trinajstić information content (AvgIpc) is 3.62. The van der Waals surface area contributed by atoms with Crippen LogP contribution in [0, 0.1) is 11.8 Å². The monoisotopic (exact) mass is 613 g/mol. The average molecular weight is 614 g/mol. The Balaban J connectivity index is 1.62. The minimum Gasteiger partial charge on any atom is -0.394 e. The van der Waals surface area contributed by atoms with Gasteiger partial charge in [0.25, 0.3) is 0 Å². The smallest absolute Gasteiger partial charge is 0.248 e. The lowest BCUT2D eigenvalue weighted by atomic mass is 9.66. The van der Waals surface area contributed by atoms with Crippen LogP contribution in [0.1, 0.15) is 52.0 Å². The van der Waals surface area contributed by atoms with Crippen molar-refractivity contribution in [1.82, 2.24) is 9.80 Å². The van der Waals surface area contributed by atoms with Gasteiger partial charge in [0.1, 0.15) is 11.6 Å². The Labute approximate surface area is 267 Å². The predicted octanol–water partition coefficient (Wildman–Crippen LogP) is 4.78. The number of hydrogen-bond acceptors (Lipinski definition) is 5. The fraction of sp³-hybridized carbons (Fsp3) is 0.486. The van der Waals surface area contributed by atoms with E-state index in [0.29, 0.717) is 31.5 Å². The van der Waals surface area contributed by atoms with Gasteiger partial charge in [0, 0.05) is 24.8 Å². The van der Waals surface area contributed by atoms with Gasteiger partial charge >= 0.3 is 0 Å². The van der Waals surface area contributed by atoms with Crippen LogP contribution in [0.4, 0.5) is 5.69 Å². The van der Waals surface area contributed by atoms with E-state index in [9.17, 15) is 19.5 Å². The largest absolute Gasteiger partial charge is 0.394 e. The van der Waals surface area contributed by atoms with Crippen LogP contribution in [0.3, 0.4) is 0 Å². The molecule has 0 aromatic heterocycles. The zero-order chi connectivity index (χ0) is 32.4. The highest BCUT2D eigenvalue weighted by molar-refractivity contribution is 6.03. The highest BCUT2D eigenvalue weighted by Gasteiger charge is 2.79. The second-order valence-corrected chi connectivity index (χ2v) is 13.0. The lowest BCUT2D eigenvalue weighted by Gasteiger charge is -2.41. The number of hydrogen-bond donors (Lipinski definition) is 1. The van der Waals surface area contributed by atoms with Crippen LogP contribution in [0.5, 0.6) is 0 Å². The third-order valence-electron chi connectivity index (χ3n) is 10.1. The second-order valence-electron chi connectivity index (χ2n) is 13.0. The number of benzene rings is 2. The number of para-hydroxylation sites is 1. The first-order valence-electron chi connectivity index (χ1n) is 16.2. The molecule has 0 aliphatic carbocycles. The van der Waals surface area contributed by atoms with Gasteiger partial charge in [0.05, 0.1) is 30.1 Å². The number of ether oxygens (including phenoxy) is 1. The molecule has 0 radical (unpaired) electrons. The first-order valence-corrected chi connectivity index (χ1v) is 16.2. The highest BCUT2D eigenvalue weighted by Crippen LogP contribution is 2.64. The number of fused-ring (bicyclic) bond motifs is 1. The fourth-order valence-corrected chi connectivity index (χ4v) is 8.13. The molecule has 5 rings (SSSR count). The van der Waals surface area contributed by atoms with Gasteiger partial charge in [-0.3, -0.25) is 14.4 Å². The van der Waals surface area contributed by atoms with E-state index >= 15 is 0 Å². The lowest BCUT2D eigenvalue weighted by Crippen LogP contribution is -2.60. The van der Waals surface area contributed by atoms with Crippen molar-refractivity contribution in [2.45, 2.75) is 82.2 Å². The number of likely N-dealkylation sites (tertiary alicyclic amines) is 1. The number of carbonyl (C=O) groups is 3. The minimum absolute atomic E-state index is 0.0950. The SMILES string of the molecule is C=CCN(C(=O)[C@H]1[C@H]2C(=O)N([C@@H](CO)Cc3ccccc3)C(C(=O)N(CC=C)C(C)CCC)C23CC[C@]1(C)O3)c1ccccc1. The Morgan fingerprint density at radius 3 is 2.29 bits per heavy atom. The van der Waals surface area contributed by atoms with Gasteiger partial charge in [-0.15, -0.1) is 13.2 Å². The fourth-order valence-electron chi connectivity index (χ4n) is 8.13. The van der Waals surface area contributed by atoms with E-state index in [2.05, 4.69) is 20.1 Å². The molecule has 0 saturated carbocycles. The molecule has 2 aromatic rings. The number of aliphatic hydroxyl groups is 1. The van der Waals surface area contributed by atoms with E-state index < -0.39 is 35.1 Å². The first kappa shape index (κ1) is 32.6. The molecular formula is C37H47N3O5. The van der Waals surface area contributed by atoms with E-state index in [4.69, 9.17) is 4.74 Å². The van der Waals surface area contributed by atoms with Crippen molar-refractivity contribution in [3.05, 3.63) is 91.5 Å². The summed E-state index contributed by atoms with van der Waals surface area (Å²) >= 11 is 0. The van der Waals surface area contributed by atoms with Crippen molar-refractivity contribution in [3.63, 3.8) is 0 Å². The van der Waals surface area contributed by atoms with Gasteiger partial charge < -0.3 is 24.5 Å². The third-order valence-corrected chi connectivity index (χ3v) is 10.1. The number of aliphatic hydroxyl groups excluding tert-OH is 1. The molecule has 3 aliphatic heterocycles. The third kappa shape index (κ3) is 5.63. The van der Waals surface area contributed by atoms with Gasteiger partial charge in [0.2, 0.25) is 17.7 Å². The number of rotatable bonds is 14. The zero-order valence-corrected chi connectivity index (χ0v) is 26.8. The van der Waals surface area contributed by atoms with Gasteiger partial charge in [-0.05, 0) is 57.2 Å². The predicted molar refractivity (Wildman–Crippen MR) is 175 cm³/mol. The summed E-state index contributed by atoms with van der Waals surface area (Å²) in [6.45, 7) is 14.1. The van der Waals surface area contributed by atoms with Gasteiger partial charge in [-0.1, -0.05) is 74.0 Å². The van der Waals surface area contributed by atoms with Crippen molar-refractivity contribution in [3.8, 4) is 0 Å². The Morgan fingerprint density at radius 2 is 1.69 bits per heavy atom. The van der Waals surface area contributed by atoms with E-state index in [1.807, 2.05) is 74.5 Å². The molecule has 3 fully saturated rings. The molecule has 2 aromatic carbocycles. The van der Waals surface area contributed by atoms with Crippen LogP contribution in [0.25, 0.3) is 0 Å². The van der Waals surface area contributed by atoms with Crippen LogP contribution >= 0.6 is 0 Å². The minimum atomic E-state index is -1.20. The molecule has 3 amide bonds. The Hall–Kier alpha value is -3.75. The van der Waals surface area contributed by atoms with Crippen LogP contribution in [0.15, 0.2) is 86.0 Å². The number of nitrogens with zero attached hydrogens (tertiary/aromatic N) is 3. The normalized spacial score (nSPS) is 28.0. The van der Waals surface area contributed by atoms with E-state index in [0.717, 1.165) is 18.4 Å². The van der Waals surface area contributed by atoms with Crippen molar-refractivity contribution < 1.29 is 24.2 Å². The molecule has 7 atom stereocenters. The molecule has 3 aliphatic rings. The number of carbonyl (C=O) groups excluding carboxylic acids is 3. The lowest BCUT2D eigenvalue weighted by molar-refractivity contribution is -0.156. The Morgan fingerprint density at radius 1 is 1.04 bits per heavy atom. The topological polar surface area (TPSA) is 90.4 Å². The van der Waals surface area contributed by atoms with Gasteiger partial charge in [-0.25, -0.2) is 0 Å². The summed E-state index contributed by atoms with van der Waals surface area (Å²) in [5, 5.41) is 10.8. The quantitative estimate of drug-likeness (QED) is 0.310. The van der Waals surface area contributed by atoms with E-state index in [1.54, 1.807) is 26.9 Å². The van der Waals surface area contributed by atoms with E-state index in [-0.39, 0.29) is 36.9 Å². The summed E-state index contributed by atoms with van der Waals surface area (Å²) < 4.78 is 6.93. The van der Waals surface area contributed by atoms with Crippen LogP contribution in [-0.2, 0) is 25.5 Å². The Bertz CT molecular complexity index is 1400. The summed E-state index contributed by atoms with van der Waals surface area (Å²) in [5.74, 6) is -2.43.